The third-order valence-electron chi connectivity index (χ3n) is 3.95. The van der Waals surface area contributed by atoms with Crippen LogP contribution in [0, 0.1) is 5.82 Å². The third kappa shape index (κ3) is 3.56. The van der Waals surface area contributed by atoms with Gasteiger partial charge in [-0.2, -0.15) is 0 Å². The topological polar surface area (TPSA) is 58.2 Å². The Hall–Kier alpha value is -2.69. The quantitative estimate of drug-likeness (QED) is 0.891. The van der Waals surface area contributed by atoms with Gasteiger partial charge in [-0.1, -0.05) is 30.3 Å². The van der Waals surface area contributed by atoms with Crippen molar-refractivity contribution in [1.29, 1.82) is 0 Å². The van der Waals surface area contributed by atoms with Crippen LogP contribution in [0.4, 0.5) is 10.1 Å². The second-order valence-corrected chi connectivity index (χ2v) is 5.56. The third-order valence-corrected chi connectivity index (χ3v) is 3.95. The highest BCUT2D eigenvalue weighted by molar-refractivity contribution is 6.04. The SMILES string of the molecule is O=C(CC1C(=O)Nc2ccccc21)NCCc1ccc(F)cc1. The van der Waals surface area contributed by atoms with Gasteiger partial charge in [0.2, 0.25) is 11.8 Å². The fraction of sp³-hybridized carbons (Fsp3) is 0.222. The van der Waals surface area contributed by atoms with E-state index in [0.717, 1.165) is 16.8 Å². The summed E-state index contributed by atoms with van der Waals surface area (Å²) in [5.41, 5.74) is 2.60. The molecule has 5 heteroatoms. The molecule has 23 heavy (non-hydrogen) atoms. The molecular formula is C18H17FN2O2. The highest BCUT2D eigenvalue weighted by atomic mass is 19.1. The Bertz CT molecular complexity index is 728. The number of carbonyl (C=O) groups excluding carboxylic acids is 2. The van der Waals surface area contributed by atoms with Crippen LogP contribution in [0.2, 0.25) is 0 Å². The molecule has 118 valence electrons. The molecule has 1 atom stereocenters. The summed E-state index contributed by atoms with van der Waals surface area (Å²) < 4.78 is 12.8. The Labute approximate surface area is 133 Å². The Morgan fingerprint density at radius 2 is 1.87 bits per heavy atom. The van der Waals surface area contributed by atoms with Gasteiger partial charge in [-0.15, -0.1) is 0 Å². The summed E-state index contributed by atoms with van der Waals surface area (Å²) in [5, 5.41) is 5.60. The van der Waals surface area contributed by atoms with Crippen molar-refractivity contribution in [3.63, 3.8) is 0 Å². The van der Waals surface area contributed by atoms with Crippen molar-refractivity contribution >= 4 is 17.5 Å². The van der Waals surface area contributed by atoms with Gasteiger partial charge in [-0.3, -0.25) is 9.59 Å². The summed E-state index contributed by atoms with van der Waals surface area (Å²) in [5.74, 6) is -1.01. The minimum atomic E-state index is -0.433. The summed E-state index contributed by atoms with van der Waals surface area (Å²) in [6, 6.07) is 13.6. The molecule has 3 rings (SSSR count). The van der Waals surface area contributed by atoms with Crippen LogP contribution in [0.3, 0.4) is 0 Å². The number of rotatable bonds is 5. The molecule has 0 saturated heterocycles. The molecule has 2 N–H and O–H groups in total. The number of carbonyl (C=O) groups is 2. The van der Waals surface area contributed by atoms with Crippen LogP contribution < -0.4 is 10.6 Å². The van der Waals surface area contributed by atoms with E-state index in [9.17, 15) is 14.0 Å². The molecule has 0 bridgehead atoms. The van der Waals surface area contributed by atoms with Gasteiger partial charge in [-0.05, 0) is 35.7 Å². The van der Waals surface area contributed by atoms with Gasteiger partial charge in [0, 0.05) is 18.7 Å². The van der Waals surface area contributed by atoms with Crippen LogP contribution in [-0.4, -0.2) is 18.4 Å². The number of halogens is 1. The number of benzene rings is 2. The largest absolute Gasteiger partial charge is 0.356 e. The Balaban J connectivity index is 1.52. The molecule has 0 aliphatic carbocycles. The molecule has 0 fully saturated rings. The molecule has 1 aliphatic heterocycles. The highest BCUT2D eigenvalue weighted by Crippen LogP contribution is 2.34. The van der Waals surface area contributed by atoms with Crippen molar-refractivity contribution in [2.45, 2.75) is 18.8 Å². The maximum absolute atomic E-state index is 12.8. The first-order valence-corrected chi connectivity index (χ1v) is 7.54. The van der Waals surface area contributed by atoms with E-state index in [2.05, 4.69) is 10.6 Å². The average Bonchev–Trinajstić information content (AvgIpc) is 2.85. The Morgan fingerprint density at radius 3 is 2.65 bits per heavy atom. The van der Waals surface area contributed by atoms with E-state index < -0.39 is 5.92 Å². The molecule has 1 heterocycles. The summed E-state index contributed by atoms with van der Waals surface area (Å²) in [6.07, 6.45) is 0.756. The van der Waals surface area contributed by atoms with Crippen molar-refractivity contribution in [2.24, 2.45) is 0 Å². The number of para-hydroxylation sites is 1. The molecule has 1 unspecified atom stereocenters. The zero-order valence-corrected chi connectivity index (χ0v) is 12.5. The lowest BCUT2D eigenvalue weighted by Crippen LogP contribution is -2.28. The second-order valence-electron chi connectivity index (χ2n) is 5.56. The van der Waals surface area contributed by atoms with Gasteiger partial charge in [0.1, 0.15) is 5.82 Å². The number of anilines is 1. The summed E-state index contributed by atoms with van der Waals surface area (Å²) in [4.78, 5) is 24.0. The normalized spacial score (nSPS) is 15.9. The van der Waals surface area contributed by atoms with E-state index in [0.29, 0.717) is 13.0 Å². The van der Waals surface area contributed by atoms with Crippen molar-refractivity contribution in [3.8, 4) is 0 Å². The minimum absolute atomic E-state index is 0.131. The first-order valence-electron chi connectivity index (χ1n) is 7.54. The molecular weight excluding hydrogens is 295 g/mol. The van der Waals surface area contributed by atoms with Crippen LogP contribution in [0.5, 0.6) is 0 Å². The summed E-state index contributed by atoms with van der Waals surface area (Å²) in [7, 11) is 0. The second kappa shape index (κ2) is 6.60. The number of amides is 2. The standard InChI is InChI=1S/C18H17FN2O2/c19-13-7-5-12(6-8-13)9-10-20-17(22)11-15-14-3-1-2-4-16(14)21-18(15)23/h1-8,15H,9-11H2,(H,20,22)(H,21,23). The molecule has 2 aromatic carbocycles. The van der Waals surface area contributed by atoms with Gasteiger partial charge in [-0.25, -0.2) is 4.39 Å². The van der Waals surface area contributed by atoms with E-state index in [1.54, 1.807) is 12.1 Å². The lowest BCUT2D eigenvalue weighted by atomic mass is 9.97. The Morgan fingerprint density at radius 1 is 1.13 bits per heavy atom. The van der Waals surface area contributed by atoms with Gasteiger partial charge < -0.3 is 10.6 Å². The molecule has 0 radical (unpaired) electrons. The van der Waals surface area contributed by atoms with Gasteiger partial charge >= 0.3 is 0 Å². The maximum atomic E-state index is 12.8. The molecule has 4 nitrogen and oxygen atoms in total. The van der Waals surface area contributed by atoms with Crippen LogP contribution in [0.15, 0.2) is 48.5 Å². The summed E-state index contributed by atoms with van der Waals surface area (Å²) in [6.45, 7) is 0.459. The average molecular weight is 312 g/mol. The Kier molecular flexibility index (Phi) is 4.37. The predicted octanol–water partition coefficient (Wildman–Crippen LogP) is 2.61. The van der Waals surface area contributed by atoms with E-state index in [4.69, 9.17) is 0 Å². The van der Waals surface area contributed by atoms with Crippen LogP contribution >= 0.6 is 0 Å². The fourth-order valence-electron chi connectivity index (χ4n) is 2.73. The fourth-order valence-corrected chi connectivity index (χ4v) is 2.73. The van der Waals surface area contributed by atoms with Crippen LogP contribution in [0.25, 0.3) is 0 Å². The van der Waals surface area contributed by atoms with Gasteiger partial charge in [0.05, 0.1) is 5.92 Å². The number of hydrogen-bond donors (Lipinski definition) is 2. The molecule has 0 spiro atoms. The van der Waals surface area contributed by atoms with E-state index in [-0.39, 0.29) is 24.1 Å². The molecule has 1 aliphatic rings. The number of hydrogen-bond acceptors (Lipinski definition) is 2. The molecule has 2 aromatic rings. The number of fused-ring (bicyclic) bond motifs is 1. The monoisotopic (exact) mass is 312 g/mol. The summed E-state index contributed by atoms with van der Waals surface area (Å²) >= 11 is 0. The first kappa shape index (κ1) is 15.2. The highest BCUT2D eigenvalue weighted by Gasteiger charge is 2.31. The molecule has 2 amide bonds. The number of nitrogens with one attached hydrogen (secondary N) is 2. The maximum Gasteiger partial charge on any atom is 0.232 e. The van der Waals surface area contributed by atoms with E-state index in [1.807, 2.05) is 24.3 Å². The smallest absolute Gasteiger partial charge is 0.232 e. The van der Waals surface area contributed by atoms with Crippen molar-refractivity contribution in [1.82, 2.24) is 5.32 Å². The first-order chi connectivity index (χ1) is 11.1. The zero-order chi connectivity index (χ0) is 16.2. The lowest BCUT2D eigenvalue weighted by molar-refractivity contribution is -0.125. The zero-order valence-electron chi connectivity index (χ0n) is 12.5. The van der Waals surface area contributed by atoms with Crippen molar-refractivity contribution in [3.05, 3.63) is 65.5 Å². The van der Waals surface area contributed by atoms with Gasteiger partial charge in [0.15, 0.2) is 0 Å². The van der Waals surface area contributed by atoms with E-state index >= 15 is 0 Å². The van der Waals surface area contributed by atoms with Gasteiger partial charge in [0.25, 0.3) is 0 Å². The van der Waals surface area contributed by atoms with Crippen molar-refractivity contribution < 1.29 is 14.0 Å². The minimum Gasteiger partial charge on any atom is -0.356 e. The van der Waals surface area contributed by atoms with E-state index in [1.165, 1.54) is 12.1 Å². The van der Waals surface area contributed by atoms with Crippen LogP contribution in [-0.2, 0) is 16.0 Å². The van der Waals surface area contributed by atoms with Crippen molar-refractivity contribution in [2.75, 3.05) is 11.9 Å². The molecule has 0 saturated carbocycles. The van der Waals surface area contributed by atoms with Crippen LogP contribution in [0.1, 0.15) is 23.5 Å². The lowest BCUT2D eigenvalue weighted by Gasteiger charge is -2.09. The predicted molar refractivity (Wildman–Crippen MR) is 85.5 cm³/mol. The molecule has 0 aromatic heterocycles.